The summed E-state index contributed by atoms with van der Waals surface area (Å²) in [5.41, 5.74) is 2.26. The van der Waals surface area contributed by atoms with Crippen LogP contribution in [-0.2, 0) is 13.1 Å². The van der Waals surface area contributed by atoms with Crippen molar-refractivity contribution in [3.8, 4) is 17.3 Å². The normalized spacial score (nSPS) is 12.9. The summed E-state index contributed by atoms with van der Waals surface area (Å²) in [6, 6.07) is 12.0. The van der Waals surface area contributed by atoms with E-state index >= 15 is 0 Å². The molecule has 7 heteroatoms. The number of pyridine rings is 1. The van der Waals surface area contributed by atoms with Crippen molar-refractivity contribution in [1.29, 1.82) is 0 Å². The zero-order valence-electron chi connectivity index (χ0n) is 14.3. The maximum Gasteiger partial charge on any atom is 0.165 e. The Bertz CT molecular complexity index is 839. The standard InChI is InChI=1S/C19H20N4O2.ClH/c1-4-16(19-17(5-1)24-10-3-11-25-19)14-20-13-15-6-8-21-18(12-15)23-9-2-7-22-23;/h1-2,4-9,12,20H,3,10-11,13-14H2;1H. The highest BCUT2D eigenvalue weighted by atomic mass is 35.5. The second-order valence-electron chi connectivity index (χ2n) is 5.87. The molecular weight excluding hydrogens is 352 g/mol. The topological polar surface area (TPSA) is 61.2 Å². The molecule has 4 rings (SSSR count). The zero-order valence-corrected chi connectivity index (χ0v) is 15.1. The fourth-order valence-corrected chi connectivity index (χ4v) is 2.83. The predicted molar refractivity (Wildman–Crippen MR) is 101 cm³/mol. The summed E-state index contributed by atoms with van der Waals surface area (Å²) in [7, 11) is 0. The Balaban J connectivity index is 0.00000196. The van der Waals surface area contributed by atoms with Gasteiger partial charge >= 0.3 is 0 Å². The van der Waals surface area contributed by atoms with E-state index in [0.29, 0.717) is 19.8 Å². The number of halogens is 1. The van der Waals surface area contributed by atoms with Crippen LogP contribution in [0.25, 0.3) is 5.82 Å². The van der Waals surface area contributed by atoms with Gasteiger partial charge in [0.2, 0.25) is 0 Å². The molecule has 2 aromatic heterocycles. The van der Waals surface area contributed by atoms with Crippen LogP contribution in [0, 0.1) is 0 Å². The highest BCUT2D eigenvalue weighted by Gasteiger charge is 2.14. The fraction of sp³-hybridized carbons (Fsp3) is 0.263. The molecule has 26 heavy (non-hydrogen) atoms. The van der Waals surface area contributed by atoms with Gasteiger partial charge in [0.15, 0.2) is 17.3 Å². The fourth-order valence-electron chi connectivity index (χ4n) is 2.83. The smallest absolute Gasteiger partial charge is 0.165 e. The average molecular weight is 373 g/mol. The van der Waals surface area contributed by atoms with Gasteiger partial charge in [0.1, 0.15) is 0 Å². The lowest BCUT2D eigenvalue weighted by Crippen LogP contribution is -2.14. The van der Waals surface area contributed by atoms with Gasteiger partial charge in [-0.25, -0.2) is 9.67 Å². The Hall–Kier alpha value is -2.57. The van der Waals surface area contributed by atoms with E-state index in [2.05, 4.69) is 21.5 Å². The van der Waals surface area contributed by atoms with E-state index in [9.17, 15) is 0 Å². The number of nitrogens with zero attached hydrogens (tertiary/aromatic N) is 3. The molecule has 0 amide bonds. The third-order valence-corrected chi connectivity index (χ3v) is 4.05. The molecule has 0 bridgehead atoms. The van der Waals surface area contributed by atoms with Crippen LogP contribution in [0.3, 0.4) is 0 Å². The molecule has 0 aliphatic carbocycles. The summed E-state index contributed by atoms with van der Waals surface area (Å²) in [5.74, 6) is 2.51. The Morgan fingerprint density at radius 2 is 1.96 bits per heavy atom. The number of rotatable bonds is 5. The summed E-state index contributed by atoms with van der Waals surface area (Å²) in [4.78, 5) is 4.35. The van der Waals surface area contributed by atoms with Gasteiger partial charge in [-0.2, -0.15) is 5.10 Å². The number of aromatic nitrogens is 3. The van der Waals surface area contributed by atoms with Crippen LogP contribution in [0.4, 0.5) is 0 Å². The summed E-state index contributed by atoms with van der Waals surface area (Å²) < 4.78 is 13.4. The van der Waals surface area contributed by atoms with Gasteiger partial charge in [0.05, 0.1) is 13.2 Å². The van der Waals surface area contributed by atoms with E-state index < -0.39 is 0 Å². The van der Waals surface area contributed by atoms with Crippen molar-refractivity contribution in [1.82, 2.24) is 20.1 Å². The molecular formula is C19H21ClN4O2. The van der Waals surface area contributed by atoms with Crippen LogP contribution in [0.1, 0.15) is 17.5 Å². The summed E-state index contributed by atoms with van der Waals surface area (Å²) >= 11 is 0. The molecule has 0 saturated heterocycles. The molecule has 1 aliphatic heterocycles. The van der Waals surface area contributed by atoms with Crippen molar-refractivity contribution >= 4 is 12.4 Å². The molecule has 0 fully saturated rings. The maximum atomic E-state index is 5.86. The van der Waals surface area contributed by atoms with Crippen molar-refractivity contribution in [2.24, 2.45) is 0 Å². The first-order valence-electron chi connectivity index (χ1n) is 8.43. The van der Waals surface area contributed by atoms with Crippen LogP contribution in [0.2, 0.25) is 0 Å². The van der Waals surface area contributed by atoms with Crippen molar-refractivity contribution in [2.75, 3.05) is 13.2 Å². The number of ether oxygens (including phenoxy) is 2. The van der Waals surface area contributed by atoms with Gasteiger partial charge in [-0.15, -0.1) is 12.4 Å². The first-order valence-corrected chi connectivity index (χ1v) is 8.43. The first kappa shape index (κ1) is 18.2. The minimum atomic E-state index is 0. The number of fused-ring (bicyclic) bond motifs is 1. The van der Waals surface area contributed by atoms with Crippen LogP contribution < -0.4 is 14.8 Å². The number of hydrogen-bond acceptors (Lipinski definition) is 5. The van der Waals surface area contributed by atoms with E-state index in [0.717, 1.165) is 41.4 Å². The number of para-hydroxylation sites is 1. The van der Waals surface area contributed by atoms with Crippen LogP contribution >= 0.6 is 12.4 Å². The summed E-state index contributed by atoms with van der Waals surface area (Å²) in [5, 5.41) is 7.68. The van der Waals surface area contributed by atoms with Crippen molar-refractivity contribution in [3.05, 3.63) is 66.1 Å². The van der Waals surface area contributed by atoms with E-state index in [1.807, 2.05) is 36.5 Å². The van der Waals surface area contributed by atoms with Gasteiger partial charge in [0, 0.05) is 43.7 Å². The molecule has 136 valence electrons. The zero-order chi connectivity index (χ0) is 16.9. The lowest BCUT2D eigenvalue weighted by Gasteiger charge is -2.13. The lowest BCUT2D eigenvalue weighted by atomic mass is 10.1. The van der Waals surface area contributed by atoms with Gasteiger partial charge in [-0.1, -0.05) is 12.1 Å². The monoisotopic (exact) mass is 372 g/mol. The number of nitrogens with one attached hydrogen (secondary N) is 1. The molecule has 1 aromatic carbocycles. The number of benzene rings is 1. The Kier molecular flexibility index (Phi) is 6.09. The van der Waals surface area contributed by atoms with E-state index in [1.54, 1.807) is 17.1 Å². The quantitative estimate of drug-likeness (QED) is 0.745. The second kappa shape index (κ2) is 8.69. The summed E-state index contributed by atoms with van der Waals surface area (Å²) in [6.07, 6.45) is 6.35. The third kappa shape index (κ3) is 4.15. The molecule has 0 unspecified atom stereocenters. The Morgan fingerprint density at radius 3 is 2.85 bits per heavy atom. The summed E-state index contributed by atoms with van der Waals surface area (Å²) in [6.45, 7) is 2.85. The highest BCUT2D eigenvalue weighted by molar-refractivity contribution is 5.85. The first-order chi connectivity index (χ1) is 12.4. The van der Waals surface area contributed by atoms with Crippen LogP contribution in [0.5, 0.6) is 11.5 Å². The number of hydrogen-bond donors (Lipinski definition) is 1. The Labute approximate surface area is 158 Å². The van der Waals surface area contributed by atoms with Crippen LogP contribution in [0.15, 0.2) is 55.0 Å². The molecule has 3 heterocycles. The van der Waals surface area contributed by atoms with E-state index in [4.69, 9.17) is 9.47 Å². The van der Waals surface area contributed by atoms with Crippen molar-refractivity contribution < 1.29 is 9.47 Å². The van der Waals surface area contributed by atoms with Crippen LogP contribution in [-0.4, -0.2) is 28.0 Å². The molecule has 6 nitrogen and oxygen atoms in total. The predicted octanol–water partition coefficient (Wildman–Crippen LogP) is 3.14. The van der Waals surface area contributed by atoms with Gasteiger partial charge in [0.25, 0.3) is 0 Å². The lowest BCUT2D eigenvalue weighted by molar-refractivity contribution is 0.296. The Morgan fingerprint density at radius 1 is 1.04 bits per heavy atom. The largest absolute Gasteiger partial charge is 0.490 e. The van der Waals surface area contributed by atoms with Gasteiger partial charge < -0.3 is 14.8 Å². The maximum absolute atomic E-state index is 5.86. The minimum absolute atomic E-state index is 0. The molecule has 1 aliphatic rings. The molecule has 0 spiro atoms. The molecule has 0 saturated carbocycles. The van der Waals surface area contributed by atoms with Gasteiger partial charge in [-0.05, 0) is 29.8 Å². The molecule has 0 atom stereocenters. The highest BCUT2D eigenvalue weighted by Crippen LogP contribution is 2.33. The average Bonchev–Trinajstić information content (AvgIpc) is 3.07. The minimum Gasteiger partial charge on any atom is -0.490 e. The van der Waals surface area contributed by atoms with Gasteiger partial charge in [-0.3, -0.25) is 0 Å². The third-order valence-electron chi connectivity index (χ3n) is 4.05. The molecule has 1 N–H and O–H groups in total. The SMILES string of the molecule is Cl.c1cc(CNCc2ccnc(-n3cccn3)c2)c2c(c1)OCCCO2. The molecule has 3 aromatic rings. The van der Waals surface area contributed by atoms with E-state index in [1.165, 1.54) is 0 Å². The van der Waals surface area contributed by atoms with E-state index in [-0.39, 0.29) is 12.4 Å². The van der Waals surface area contributed by atoms with Crippen molar-refractivity contribution in [2.45, 2.75) is 19.5 Å². The van der Waals surface area contributed by atoms with Crippen molar-refractivity contribution in [3.63, 3.8) is 0 Å². The second-order valence-corrected chi connectivity index (χ2v) is 5.87. The molecule has 0 radical (unpaired) electrons.